The molecule has 0 bridgehead atoms. The Labute approximate surface area is 139 Å². The number of likely N-dealkylation sites (N-methyl/N-ethyl adjacent to an activating group) is 1. The normalized spacial score (nSPS) is 26.7. The molecular weight excluding hydrogens is 292 g/mol. The van der Waals surface area contributed by atoms with Gasteiger partial charge in [-0.05, 0) is 45.7 Å². The van der Waals surface area contributed by atoms with Crippen LogP contribution in [-0.4, -0.2) is 65.4 Å². The lowest BCUT2D eigenvalue weighted by molar-refractivity contribution is -0.0153. The van der Waals surface area contributed by atoms with Gasteiger partial charge in [-0.15, -0.1) is 0 Å². The first-order chi connectivity index (χ1) is 11.2. The largest absolute Gasteiger partial charge is 0.377 e. The van der Waals surface area contributed by atoms with Crippen LogP contribution in [0.5, 0.6) is 0 Å². The molecule has 0 N–H and O–H groups in total. The van der Waals surface area contributed by atoms with Crippen molar-refractivity contribution in [2.75, 3.05) is 33.3 Å². The fourth-order valence-corrected chi connectivity index (χ4v) is 3.65. The van der Waals surface area contributed by atoms with E-state index in [4.69, 9.17) is 9.26 Å². The van der Waals surface area contributed by atoms with Gasteiger partial charge in [0.25, 0.3) is 0 Å². The second-order valence-electron chi connectivity index (χ2n) is 6.92. The first kappa shape index (κ1) is 16.9. The van der Waals surface area contributed by atoms with E-state index in [-0.39, 0.29) is 0 Å². The average Bonchev–Trinajstić information content (AvgIpc) is 3.03. The van der Waals surface area contributed by atoms with E-state index in [1.165, 1.54) is 32.1 Å². The maximum Gasteiger partial charge on any atom is 0.226 e. The first-order valence-corrected chi connectivity index (χ1v) is 9.10. The summed E-state index contributed by atoms with van der Waals surface area (Å²) in [4.78, 5) is 9.38. The van der Waals surface area contributed by atoms with Crippen LogP contribution in [0.1, 0.15) is 50.7 Å². The van der Waals surface area contributed by atoms with Gasteiger partial charge in [-0.25, -0.2) is 0 Å². The summed E-state index contributed by atoms with van der Waals surface area (Å²) in [6.45, 7) is 7.04. The summed E-state index contributed by atoms with van der Waals surface area (Å²) in [6, 6.07) is 0.604. The zero-order valence-corrected chi connectivity index (χ0v) is 14.5. The fraction of sp³-hybridized carbons (Fsp3) is 0.882. The SMILES string of the molecule is CCc1nc(CN2CCCC(N(C)CC3CCCCO3)C2)no1. The van der Waals surface area contributed by atoms with E-state index in [2.05, 4.69) is 27.0 Å². The Hall–Kier alpha value is -0.980. The maximum atomic E-state index is 5.89. The van der Waals surface area contributed by atoms with Crippen LogP contribution < -0.4 is 0 Å². The van der Waals surface area contributed by atoms with Crippen molar-refractivity contribution in [2.45, 2.75) is 64.1 Å². The average molecular weight is 322 g/mol. The van der Waals surface area contributed by atoms with Gasteiger partial charge in [0.2, 0.25) is 5.89 Å². The van der Waals surface area contributed by atoms with Crippen LogP contribution in [0.3, 0.4) is 0 Å². The van der Waals surface area contributed by atoms with Gasteiger partial charge in [-0.3, -0.25) is 9.80 Å². The van der Waals surface area contributed by atoms with E-state index in [1.54, 1.807) is 0 Å². The third kappa shape index (κ3) is 4.75. The molecule has 2 atom stereocenters. The smallest absolute Gasteiger partial charge is 0.226 e. The van der Waals surface area contributed by atoms with Crippen molar-refractivity contribution in [3.8, 4) is 0 Å². The molecule has 0 saturated carbocycles. The van der Waals surface area contributed by atoms with Crippen molar-refractivity contribution in [1.29, 1.82) is 0 Å². The molecule has 2 unspecified atom stereocenters. The highest BCUT2D eigenvalue weighted by atomic mass is 16.5. The molecule has 2 saturated heterocycles. The van der Waals surface area contributed by atoms with E-state index in [9.17, 15) is 0 Å². The summed E-state index contributed by atoms with van der Waals surface area (Å²) in [5.74, 6) is 1.56. The Morgan fingerprint density at radius 1 is 1.26 bits per heavy atom. The van der Waals surface area contributed by atoms with Gasteiger partial charge < -0.3 is 9.26 Å². The highest BCUT2D eigenvalue weighted by Crippen LogP contribution is 2.19. The molecule has 6 nitrogen and oxygen atoms in total. The van der Waals surface area contributed by atoms with Gasteiger partial charge in [0, 0.05) is 32.2 Å². The second kappa shape index (κ2) is 8.22. The molecule has 1 aromatic heterocycles. The van der Waals surface area contributed by atoms with Gasteiger partial charge in [0.1, 0.15) is 0 Å². The number of aryl methyl sites for hydroxylation is 1. The van der Waals surface area contributed by atoms with Crippen LogP contribution in [0.4, 0.5) is 0 Å². The third-order valence-corrected chi connectivity index (χ3v) is 5.05. The Morgan fingerprint density at radius 3 is 2.91 bits per heavy atom. The molecule has 0 spiro atoms. The standard InChI is InChI=1S/C17H30N4O2/c1-3-17-18-16(19-23-17)13-21-9-6-7-14(11-21)20(2)12-15-8-4-5-10-22-15/h14-15H,3-13H2,1-2H3. The number of aromatic nitrogens is 2. The number of nitrogens with zero attached hydrogens (tertiary/aromatic N) is 4. The Bertz CT molecular complexity index is 473. The predicted octanol–water partition coefficient (Wildman–Crippen LogP) is 2.10. The molecule has 1 aromatic rings. The van der Waals surface area contributed by atoms with Crippen molar-refractivity contribution >= 4 is 0 Å². The van der Waals surface area contributed by atoms with Crippen LogP contribution in [0, 0.1) is 0 Å². The molecule has 3 heterocycles. The van der Waals surface area contributed by atoms with Crippen molar-refractivity contribution < 1.29 is 9.26 Å². The molecule has 6 heteroatoms. The van der Waals surface area contributed by atoms with Gasteiger partial charge >= 0.3 is 0 Å². The first-order valence-electron chi connectivity index (χ1n) is 9.10. The molecule has 0 aliphatic carbocycles. The summed E-state index contributed by atoms with van der Waals surface area (Å²) < 4.78 is 11.1. The Balaban J connectivity index is 1.48. The summed E-state index contributed by atoms with van der Waals surface area (Å²) in [5.41, 5.74) is 0. The Kier molecular flexibility index (Phi) is 6.02. The molecule has 0 aromatic carbocycles. The summed E-state index contributed by atoms with van der Waals surface area (Å²) in [7, 11) is 2.25. The number of likely N-dealkylation sites (tertiary alicyclic amines) is 1. The molecule has 23 heavy (non-hydrogen) atoms. The number of rotatable bonds is 6. The summed E-state index contributed by atoms with van der Waals surface area (Å²) >= 11 is 0. The van der Waals surface area contributed by atoms with Gasteiger partial charge in [-0.1, -0.05) is 12.1 Å². The highest BCUT2D eigenvalue weighted by Gasteiger charge is 2.26. The van der Waals surface area contributed by atoms with E-state index in [1.807, 2.05) is 6.92 Å². The van der Waals surface area contributed by atoms with Gasteiger partial charge in [-0.2, -0.15) is 4.98 Å². The molecule has 0 amide bonds. The van der Waals surface area contributed by atoms with E-state index in [0.29, 0.717) is 12.1 Å². The number of hydrogen-bond acceptors (Lipinski definition) is 6. The summed E-state index contributed by atoms with van der Waals surface area (Å²) in [5, 5.41) is 4.08. The quantitative estimate of drug-likeness (QED) is 0.799. The van der Waals surface area contributed by atoms with E-state index >= 15 is 0 Å². The topological polar surface area (TPSA) is 54.6 Å². The van der Waals surface area contributed by atoms with Crippen LogP contribution in [-0.2, 0) is 17.7 Å². The van der Waals surface area contributed by atoms with Gasteiger partial charge in [0.15, 0.2) is 5.82 Å². The van der Waals surface area contributed by atoms with Crippen LogP contribution in [0.25, 0.3) is 0 Å². The second-order valence-corrected chi connectivity index (χ2v) is 6.92. The molecule has 2 aliphatic heterocycles. The minimum Gasteiger partial charge on any atom is -0.377 e. The number of piperidine rings is 1. The highest BCUT2D eigenvalue weighted by molar-refractivity contribution is 4.89. The molecule has 0 radical (unpaired) electrons. The van der Waals surface area contributed by atoms with Crippen molar-refractivity contribution in [2.24, 2.45) is 0 Å². The minimum atomic E-state index is 0.424. The summed E-state index contributed by atoms with van der Waals surface area (Å²) in [6.07, 6.45) is 7.48. The number of ether oxygens (including phenoxy) is 1. The third-order valence-electron chi connectivity index (χ3n) is 5.05. The van der Waals surface area contributed by atoms with Crippen LogP contribution in [0.15, 0.2) is 4.52 Å². The van der Waals surface area contributed by atoms with E-state index < -0.39 is 0 Å². The molecule has 3 rings (SSSR count). The van der Waals surface area contributed by atoms with Crippen LogP contribution >= 0.6 is 0 Å². The Morgan fingerprint density at radius 2 is 2.17 bits per heavy atom. The lowest BCUT2D eigenvalue weighted by Gasteiger charge is -2.39. The maximum absolute atomic E-state index is 5.89. The molecular formula is C17H30N4O2. The van der Waals surface area contributed by atoms with E-state index in [0.717, 1.165) is 50.9 Å². The number of hydrogen-bond donors (Lipinski definition) is 0. The lowest BCUT2D eigenvalue weighted by Crippen LogP contribution is -2.48. The zero-order valence-electron chi connectivity index (χ0n) is 14.5. The zero-order chi connectivity index (χ0) is 16.1. The fourth-order valence-electron chi connectivity index (χ4n) is 3.65. The lowest BCUT2D eigenvalue weighted by atomic mass is 10.0. The predicted molar refractivity (Wildman–Crippen MR) is 88.2 cm³/mol. The van der Waals surface area contributed by atoms with Crippen molar-refractivity contribution in [1.82, 2.24) is 19.9 Å². The molecule has 2 aliphatic rings. The minimum absolute atomic E-state index is 0.424. The molecule has 2 fully saturated rings. The van der Waals surface area contributed by atoms with Crippen molar-refractivity contribution in [3.05, 3.63) is 11.7 Å². The van der Waals surface area contributed by atoms with Crippen molar-refractivity contribution in [3.63, 3.8) is 0 Å². The monoisotopic (exact) mass is 322 g/mol. The van der Waals surface area contributed by atoms with Crippen LogP contribution in [0.2, 0.25) is 0 Å². The molecule has 130 valence electrons. The van der Waals surface area contributed by atoms with Gasteiger partial charge in [0.05, 0.1) is 12.6 Å².